The summed E-state index contributed by atoms with van der Waals surface area (Å²) in [5, 5.41) is 10.4. The predicted octanol–water partition coefficient (Wildman–Crippen LogP) is 1.52. The number of hydrogen-bond acceptors (Lipinski definition) is 3. The summed E-state index contributed by atoms with van der Waals surface area (Å²) in [4.78, 5) is 25.3. The molecule has 1 aromatic heterocycles. The van der Waals surface area contributed by atoms with Crippen molar-refractivity contribution in [2.75, 3.05) is 0 Å². The molecule has 0 spiro atoms. The highest BCUT2D eigenvalue weighted by molar-refractivity contribution is 5.88. The number of fused-ring (bicyclic) bond motifs is 1. The van der Waals surface area contributed by atoms with E-state index in [1.807, 2.05) is 20.8 Å². The third kappa shape index (κ3) is 1.71. The number of benzene rings is 1. The van der Waals surface area contributed by atoms with Crippen molar-refractivity contribution >= 4 is 10.9 Å². The lowest BCUT2D eigenvalue weighted by molar-refractivity contribution is 0.481. The van der Waals surface area contributed by atoms with Gasteiger partial charge in [0.25, 0.3) is 5.56 Å². The van der Waals surface area contributed by atoms with E-state index in [1.54, 1.807) is 6.07 Å². The third-order valence-electron chi connectivity index (χ3n) is 3.16. The first-order chi connectivity index (χ1) is 7.91. The van der Waals surface area contributed by atoms with Crippen molar-refractivity contribution in [1.29, 1.82) is 0 Å². The number of aryl methyl sites for hydroxylation is 2. The maximum Gasteiger partial charge on any atom is 0.296 e. The lowest BCUT2D eigenvalue weighted by Crippen LogP contribution is -2.22. The van der Waals surface area contributed by atoms with E-state index in [4.69, 9.17) is 0 Å². The van der Waals surface area contributed by atoms with Crippen molar-refractivity contribution in [2.45, 2.75) is 20.8 Å². The van der Waals surface area contributed by atoms with E-state index in [-0.39, 0.29) is 5.75 Å². The van der Waals surface area contributed by atoms with Crippen LogP contribution in [0.25, 0.3) is 10.9 Å². The smallest absolute Gasteiger partial charge is 0.296 e. The summed E-state index contributed by atoms with van der Waals surface area (Å²) in [5.74, 6) is -0.163. The number of aromatic amines is 1. The van der Waals surface area contributed by atoms with Crippen molar-refractivity contribution in [3.05, 3.63) is 49.4 Å². The fourth-order valence-corrected chi connectivity index (χ4v) is 1.96. The van der Waals surface area contributed by atoms with Crippen LogP contribution in [0.2, 0.25) is 0 Å². The Labute approximate surface area is 97.6 Å². The molecule has 4 heteroatoms. The van der Waals surface area contributed by atoms with E-state index in [2.05, 4.69) is 4.98 Å². The van der Waals surface area contributed by atoms with Gasteiger partial charge < -0.3 is 10.1 Å². The summed E-state index contributed by atoms with van der Waals surface area (Å²) in [5.41, 5.74) is 1.92. The molecular weight excluding hydrogens is 218 g/mol. The molecule has 0 aliphatic heterocycles. The number of rotatable bonds is 0. The number of hydrogen-bond donors (Lipinski definition) is 2. The average Bonchev–Trinajstić information content (AvgIpc) is 2.34. The predicted molar refractivity (Wildman–Crippen MR) is 66.7 cm³/mol. The van der Waals surface area contributed by atoms with Gasteiger partial charge in [-0.3, -0.25) is 9.59 Å². The molecule has 17 heavy (non-hydrogen) atoms. The summed E-state index contributed by atoms with van der Waals surface area (Å²) in [6.07, 6.45) is 0. The lowest BCUT2D eigenvalue weighted by atomic mass is 9.99. The molecule has 88 valence electrons. The second-order valence-corrected chi connectivity index (χ2v) is 4.21. The quantitative estimate of drug-likeness (QED) is 0.675. The van der Waals surface area contributed by atoms with Gasteiger partial charge in [-0.25, -0.2) is 0 Å². The Hall–Kier alpha value is -2.10. The second kappa shape index (κ2) is 3.73. The molecule has 0 radical (unpaired) electrons. The maximum atomic E-state index is 11.4. The minimum atomic E-state index is -0.742. The Bertz CT molecular complexity index is 729. The summed E-state index contributed by atoms with van der Waals surface area (Å²) < 4.78 is 0. The van der Waals surface area contributed by atoms with Crippen molar-refractivity contribution in [1.82, 2.24) is 4.98 Å². The molecule has 2 N–H and O–H groups in total. The highest BCUT2D eigenvalue weighted by Crippen LogP contribution is 2.28. The Morgan fingerprint density at radius 3 is 2.35 bits per heavy atom. The topological polar surface area (TPSA) is 70.2 Å². The molecule has 0 aliphatic rings. The van der Waals surface area contributed by atoms with Gasteiger partial charge in [0.05, 0.1) is 5.52 Å². The zero-order valence-electron chi connectivity index (χ0n) is 9.92. The van der Waals surface area contributed by atoms with Gasteiger partial charge in [0, 0.05) is 11.5 Å². The zero-order valence-corrected chi connectivity index (χ0v) is 9.92. The van der Waals surface area contributed by atoms with Crippen molar-refractivity contribution in [3.8, 4) is 5.75 Å². The SMILES string of the molecule is Cc1cc2[nH]c(=O)c(=O)cc(O)c2c(C)c1C. The van der Waals surface area contributed by atoms with E-state index in [9.17, 15) is 14.7 Å². The van der Waals surface area contributed by atoms with E-state index in [0.29, 0.717) is 10.9 Å². The van der Waals surface area contributed by atoms with Gasteiger partial charge in [0.2, 0.25) is 5.43 Å². The van der Waals surface area contributed by atoms with E-state index in [0.717, 1.165) is 22.8 Å². The van der Waals surface area contributed by atoms with Crippen molar-refractivity contribution in [2.24, 2.45) is 0 Å². The van der Waals surface area contributed by atoms with Gasteiger partial charge in [-0.15, -0.1) is 0 Å². The maximum absolute atomic E-state index is 11.4. The molecule has 1 aromatic carbocycles. The fourth-order valence-electron chi connectivity index (χ4n) is 1.96. The van der Waals surface area contributed by atoms with Crippen molar-refractivity contribution < 1.29 is 5.11 Å². The molecule has 2 aromatic rings. The van der Waals surface area contributed by atoms with Gasteiger partial charge in [-0.1, -0.05) is 0 Å². The van der Waals surface area contributed by atoms with Gasteiger partial charge >= 0.3 is 0 Å². The second-order valence-electron chi connectivity index (χ2n) is 4.21. The molecule has 0 saturated carbocycles. The molecule has 0 amide bonds. The van der Waals surface area contributed by atoms with Crippen LogP contribution < -0.4 is 11.0 Å². The first-order valence-corrected chi connectivity index (χ1v) is 5.29. The summed E-state index contributed by atoms with van der Waals surface area (Å²) in [7, 11) is 0. The normalized spacial score (nSPS) is 10.8. The molecule has 0 unspecified atom stereocenters. The Kier molecular flexibility index (Phi) is 2.50. The first kappa shape index (κ1) is 11.4. The number of nitrogens with one attached hydrogen (secondary N) is 1. The first-order valence-electron chi connectivity index (χ1n) is 5.29. The highest BCUT2D eigenvalue weighted by Gasteiger charge is 2.09. The Morgan fingerprint density at radius 1 is 1.06 bits per heavy atom. The van der Waals surface area contributed by atoms with Gasteiger partial charge in [-0.05, 0) is 43.5 Å². The van der Waals surface area contributed by atoms with E-state index < -0.39 is 11.0 Å². The van der Waals surface area contributed by atoms with Crippen LogP contribution >= 0.6 is 0 Å². The van der Waals surface area contributed by atoms with Crippen LogP contribution in [-0.4, -0.2) is 10.1 Å². The number of aromatic nitrogens is 1. The molecule has 0 bridgehead atoms. The third-order valence-corrected chi connectivity index (χ3v) is 3.16. The standard InChI is InChI=1S/C13H13NO3/c1-6-4-9-12(8(3)7(6)2)10(15)5-11(16)13(17)14-9/h4-5,15H,1-3H3,(H,14,16,17). The molecule has 2 rings (SSSR count). The monoisotopic (exact) mass is 231 g/mol. The lowest BCUT2D eigenvalue weighted by Gasteiger charge is -2.08. The van der Waals surface area contributed by atoms with Crippen LogP contribution in [0.1, 0.15) is 16.7 Å². The molecule has 0 fully saturated rings. The summed E-state index contributed by atoms with van der Waals surface area (Å²) >= 11 is 0. The molecule has 0 aliphatic carbocycles. The molecular formula is C13H13NO3. The van der Waals surface area contributed by atoms with E-state index in [1.165, 1.54) is 0 Å². The average molecular weight is 231 g/mol. The van der Waals surface area contributed by atoms with Crippen LogP contribution in [0.15, 0.2) is 21.7 Å². The Balaban J connectivity index is 3.19. The molecule has 4 nitrogen and oxygen atoms in total. The van der Waals surface area contributed by atoms with Crippen LogP contribution in [0, 0.1) is 20.8 Å². The Morgan fingerprint density at radius 2 is 1.71 bits per heavy atom. The van der Waals surface area contributed by atoms with Crippen LogP contribution in [0.4, 0.5) is 0 Å². The van der Waals surface area contributed by atoms with Crippen LogP contribution in [-0.2, 0) is 0 Å². The minimum Gasteiger partial charge on any atom is -0.507 e. The van der Waals surface area contributed by atoms with Gasteiger partial charge in [0.15, 0.2) is 0 Å². The zero-order chi connectivity index (χ0) is 12.7. The largest absolute Gasteiger partial charge is 0.507 e. The van der Waals surface area contributed by atoms with Gasteiger partial charge in [0.1, 0.15) is 5.75 Å². The summed E-state index contributed by atoms with van der Waals surface area (Å²) in [6.45, 7) is 5.71. The molecule has 1 heterocycles. The number of H-pyrrole nitrogens is 1. The highest BCUT2D eigenvalue weighted by atomic mass is 16.3. The molecule has 0 saturated heterocycles. The van der Waals surface area contributed by atoms with Crippen molar-refractivity contribution in [3.63, 3.8) is 0 Å². The minimum absolute atomic E-state index is 0.163. The fraction of sp³-hybridized carbons (Fsp3) is 0.231. The van der Waals surface area contributed by atoms with Crippen LogP contribution in [0.5, 0.6) is 5.75 Å². The molecule has 0 atom stereocenters. The van der Waals surface area contributed by atoms with Gasteiger partial charge in [-0.2, -0.15) is 0 Å². The number of aromatic hydroxyl groups is 1. The summed E-state index contributed by atoms with van der Waals surface area (Å²) in [6, 6.07) is 2.72. The van der Waals surface area contributed by atoms with E-state index >= 15 is 0 Å². The van der Waals surface area contributed by atoms with Crippen LogP contribution in [0.3, 0.4) is 0 Å².